The Balaban J connectivity index is 2.05. The summed E-state index contributed by atoms with van der Waals surface area (Å²) in [5.41, 5.74) is 0.132. The Labute approximate surface area is 144 Å². The minimum absolute atomic E-state index is 0.234. The summed E-state index contributed by atoms with van der Waals surface area (Å²) in [6.07, 6.45) is -3.33. The standard InChI is InChI=1S/C16H15F3N4O3/c1-9(10-4-6-11(7-5-10)26-16(17,18)19)23-8-20-13-12(23)14(24)22(3)15(25)21(13)2/h4-9H,1-3H3. The van der Waals surface area contributed by atoms with Crippen molar-refractivity contribution in [1.29, 1.82) is 0 Å². The molecule has 2 aromatic heterocycles. The van der Waals surface area contributed by atoms with Crippen molar-refractivity contribution in [1.82, 2.24) is 18.7 Å². The van der Waals surface area contributed by atoms with Crippen molar-refractivity contribution in [2.24, 2.45) is 14.1 Å². The molecule has 0 fully saturated rings. The number of halogens is 3. The Morgan fingerprint density at radius 1 is 1.08 bits per heavy atom. The van der Waals surface area contributed by atoms with E-state index in [0.29, 0.717) is 5.56 Å². The number of benzene rings is 1. The van der Waals surface area contributed by atoms with Crippen LogP contribution in [0.2, 0.25) is 0 Å². The van der Waals surface area contributed by atoms with E-state index in [2.05, 4.69) is 9.72 Å². The van der Waals surface area contributed by atoms with E-state index in [0.717, 1.165) is 4.57 Å². The van der Waals surface area contributed by atoms with Crippen LogP contribution >= 0.6 is 0 Å². The molecule has 1 unspecified atom stereocenters. The normalized spacial score (nSPS) is 13.2. The van der Waals surface area contributed by atoms with Gasteiger partial charge in [0, 0.05) is 14.1 Å². The number of ether oxygens (including phenoxy) is 1. The molecule has 0 aliphatic carbocycles. The van der Waals surface area contributed by atoms with E-state index in [9.17, 15) is 22.8 Å². The molecular weight excluding hydrogens is 353 g/mol. The van der Waals surface area contributed by atoms with Crippen LogP contribution in [0.4, 0.5) is 13.2 Å². The highest BCUT2D eigenvalue weighted by atomic mass is 19.4. The lowest BCUT2D eigenvalue weighted by atomic mass is 10.1. The van der Waals surface area contributed by atoms with Gasteiger partial charge in [0.2, 0.25) is 0 Å². The van der Waals surface area contributed by atoms with Crippen LogP contribution in [0.15, 0.2) is 40.2 Å². The SMILES string of the molecule is CC(c1ccc(OC(F)(F)F)cc1)n1cnc2c1c(=O)n(C)c(=O)n2C. The lowest BCUT2D eigenvalue weighted by Crippen LogP contribution is -2.37. The number of hydrogen-bond acceptors (Lipinski definition) is 4. The van der Waals surface area contributed by atoms with Crippen LogP contribution < -0.4 is 16.0 Å². The molecule has 3 aromatic rings. The predicted octanol–water partition coefficient (Wildman–Crippen LogP) is 1.94. The van der Waals surface area contributed by atoms with Crippen molar-refractivity contribution in [3.05, 3.63) is 57.0 Å². The number of hydrogen-bond donors (Lipinski definition) is 0. The maximum absolute atomic E-state index is 12.5. The lowest BCUT2D eigenvalue weighted by Gasteiger charge is -2.16. The van der Waals surface area contributed by atoms with Gasteiger partial charge in [0.15, 0.2) is 11.2 Å². The molecule has 2 heterocycles. The Kier molecular flexibility index (Phi) is 4.13. The summed E-state index contributed by atoms with van der Waals surface area (Å²) in [6, 6.07) is 4.96. The third kappa shape index (κ3) is 2.98. The van der Waals surface area contributed by atoms with Crippen molar-refractivity contribution in [3.8, 4) is 5.75 Å². The smallest absolute Gasteiger partial charge is 0.406 e. The number of fused-ring (bicyclic) bond motifs is 1. The van der Waals surface area contributed by atoms with Crippen molar-refractivity contribution < 1.29 is 17.9 Å². The van der Waals surface area contributed by atoms with Crippen LogP contribution in [0.25, 0.3) is 11.2 Å². The first-order valence-corrected chi connectivity index (χ1v) is 7.58. The second-order valence-corrected chi connectivity index (χ2v) is 5.82. The number of aromatic nitrogens is 4. The molecule has 1 atom stereocenters. The molecule has 0 aliphatic rings. The van der Waals surface area contributed by atoms with E-state index in [1.54, 1.807) is 11.5 Å². The fourth-order valence-corrected chi connectivity index (χ4v) is 2.77. The van der Waals surface area contributed by atoms with Gasteiger partial charge in [-0.2, -0.15) is 0 Å². The number of nitrogens with zero attached hydrogens (tertiary/aromatic N) is 4. The topological polar surface area (TPSA) is 71.1 Å². The van der Waals surface area contributed by atoms with Gasteiger partial charge in [-0.3, -0.25) is 13.9 Å². The van der Waals surface area contributed by atoms with E-state index in [1.807, 2.05) is 0 Å². The van der Waals surface area contributed by atoms with Gasteiger partial charge in [0.25, 0.3) is 5.56 Å². The zero-order valence-corrected chi connectivity index (χ0v) is 14.1. The average Bonchev–Trinajstić information content (AvgIpc) is 3.02. The molecule has 0 amide bonds. The first-order valence-electron chi connectivity index (χ1n) is 7.58. The highest BCUT2D eigenvalue weighted by Crippen LogP contribution is 2.26. The molecule has 26 heavy (non-hydrogen) atoms. The molecule has 0 radical (unpaired) electrons. The van der Waals surface area contributed by atoms with Gasteiger partial charge in [-0.05, 0) is 24.6 Å². The number of alkyl halides is 3. The Morgan fingerprint density at radius 3 is 2.27 bits per heavy atom. The first kappa shape index (κ1) is 17.8. The van der Waals surface area contributed by atoms with Crippen molar-refractivity contribution in [2.75, 3.05) is 0 Å². The molecule has 0 bridgehead atoms. The Bertz CT molecular complexity index is 1080. The van der Waals surface area contributed by atoms with Crippen LogP contribution in [-0.4, -0.2) is 25.0 Å². The number of imidazole rings is 1. The second-order valence-electron chi connectivity index (χ2n) is 5.82. The van der Waals surface area contributed by atoms with E-state index in [1.165, 1.54) is 49.3 Å². The molecule has 3 rings (SSSR count). The van der Waals surface area contributed by atoms with Gasteiger partial charge < -0.3 is 9.30 Å². The maximum atomic E-state index is 12.5. The van der Waals surface area contributed by atoms with Crippen LogP contribution in [0.5, 0.6) is 5.75 Å². The molecule has 0 spiro atoms. The average molecular weight is 368 g/mol. The fraction of sp³-hybridized carbons (Fsp3) is 0.312. The van der Waals surface area contributed by atoms with Crippen LogP contribution in [0.3, 0.4) is 0 Å². The summed E-state index contributed by atoms with van der Waals surface area (Å²) in [7, 11) is 2.88. The van der Waals surface area contributed by atoms with Gasteiger partial charge in [0.05, 0.1) is 12.4 Å². The van der Waals surface area contributed by atoms with Gasteiger partial charge in [0.1, 0.15) is 5.75 Å². The Morgan fingerprint density at radius 2 is 1.69 bits per heavy atom. The molecule has 10 heteroatoms. The van der Waals surface area contributed by atoms with Crippen molar-refractivity contribution >= 4 is 11.2 Å². The predicted molar refractivity (Wildman–Crippen MR) is 87.2 cm³/mol. The summed E-state index contributed by atoms with van der Waals surface area (Å²) in [4.78, 5) is 28.6. The summed E-state index contributed by atoms with van der Waals surface area (Å²) in [6.45, 7) is 1.77. The molecular formula is C16H15F3N4O3. The third-order valence-electron chi connectivity index (χ3n) is 4.19. The molecule has 0 saturated heterocycles. The summed E-state index contributed by atoms with van der Waals surface area (Å²) < 4.78 is 44.4. The number of aryl methyl sites for hydroxylation is 1. The molecule has 0 aliphatic heterocycles. The molecule has 138 valence electrons. The minimum Gasteiger partial charge on any atom is -0.406 e. The lowest BCUT2D eigenvalue weighted by molar-refractivity contribution is -0.274. The highest BCUT2D eigenvalue weighted by molar-refractivity contribution is 5.70. The first-order chi connectivity index (χ1) is 12.1. The van der Waals surface area contributed by atoms with Gasteiger partial charge in [-0.25, -0.2) is 9.78 Å². The van der Waals surface area contributed by atoms with Gasteiger partial charge in [-0.1, -0.05) is 12.1 Å². The largest absolute Gasteiger partial charge is 0.573 e. The van der Waals surface area contributed by atoms with Gasteiger partial charge in [-0.15, -0.1) is 13.2 Å². The monoisotopic (exact) mass is 368 g/mol. The molecule has 1 aromatic carbocycles. The van der Waals surface area contributed by atoms with Crippen molar-refractivity contribution in [2.45, 2.75) is 19.3 Å². The van der Waals surface area contributed by atoms with Crippen LogP contribution in [-0.2, 0) is 14.1 Å². The minimum atomic E-state index is -4.76. The second kappa shape index (κ2) is 6.04. The maximum Gasteiger partial charge on any atom is 0.573 e. The third-order valence-corrected chi connectivity index (χ3v) is 4.19. The molecule has 0 saturated carbocycles. The zero-order valence-electron chi connectivity index (χ0n) is 14.1. The van der Waals surface area contributed by atoms with Crippen LogP contribution in [0.1, 0.15) is 18.5 Å². The van der Waals surface area contributed by atoms with E-state index >= 15 is 0 Å². The molecule has 7 nitrogen and oxygen atoms in total. The Hall–Kier alpha value is -3.04. The zero-order chi connectivity index (χ0) is 19.2. The van der Waals surface area contributed by atoms with Crippen molar-refractivity contribution in [3.63, 3.8) is 0 Å². The van der Waals surface area contributed by atoms with Crippen LogP contribution in [0, 0.1) is 0 Å². The van der Waals surface area contributed by atoms with E-state index in [-0.39, 0.29) is 16.9 Å². The molecule has 0 N–H and O–H groups in total. The summed E-state index contributed by atoms with van der Waals surface area (Å²) in [5, 5.41) is 0. The summed E-state index contributed by atoms with van der Waals surface area (Å²) >= 11 is 0. The van der Waals surface area contributed by atoms with E-state index < -0.39 is 23.7 Å². The number of rotatable bonds is 3. The fourth-order valence-electron chi connectivity index (χ4n) is 2.77. The quantitative estimate of drug-likeness (QED) is 0.708. The van der Waals surface area contributed by atoms with Gasteiger partial charge >= 0.3 is 12.1 Å². The summed E-state index contributed by atoms with van der Waals surface area (Å²) in [5.74, 6) is -0.331. The highest BCUT2D eigenvalue weighted by Gasteiger charge is 2.31. The van der Waals surface area contributed by atoms with E-state index in [4.69, 9.17) is 0 Å².